The number of nitrogens with one attached hydrogen (secondary N) is 4. The van der Waals surface area contributed by atoms with E-state index < -0.39 is 34.8 Å². The normalized spacial score (nSPS) is 11.6. The minimum absolute atomic E-state index is 0.0521. The van der Waals surface area contributed by atoms with Crippen molar-refractivity contribution in [3.05, 3.63) is 170 Å². The van der Waals surface area contributed by atoms with Crippen molar-refractivity contribution in [1.82, 2.24) is 5.32 Å². The molecule has 10 nitrogen and oxygen atoms in total. The summed E-state index contributed by atoms with van der Waals surface area (Å²) in [6, 6.07) is 35.5. The largest absolute Gasteiger partial charge is 0.465 e. The fourth-order valence-corrected chi connectivity index (χ4v) is 8.20. The maximum Gasteiger partial charge on any atom is 0.341 e. The van der Waals surface area contributed by atoms with Crippen LogP contribution in [-0.4, -0.2) is 36.7 Å². The third-order valence-corrected chi connectivity index (χ3v) is 11.2. The van der Waals surface area contributed by atoms with Gasteiger partial charge in [0.05, 0.1) is 17.6 Å². The molecule has 4 aromatic carbocycles. The molecular formula is C42H34N4O6S3. The van der Waals surface area contributed by atoms with Gasteiger partial charge in [-0.3, -0.25) is 19.2 Å². The van der Waals surface area contributed by atoms with E-state index in [9.17, 15) is 24.0 Å². The van der Waals surface area contributed by atoms with Crippen LogP contribution in [0.1, 0.15) is 52.3 Å². The zero-order chi connectivity index (χ0) is 38.7. The predicted octanol–water partition coefficient (Wildman–Crippen LogP) is 9.04. The highest BCUT2D eigenvalue weighted by Crippen LogP contribution is 2.40. The molecule has 4 N–H and O–H groups in total. The first-order valence-electron chi connectivity index (χ1n) is 16.8. The van der Waals surface area contributed by atoms with Crippen molar-refractivity contribution in [2.75, 3.05) is 23.1 Å². The second kappa shape index (κ2) is 18.2. The zero-order valence-electron chi connectivity index (χ0n) is 29.5. The van der Waals surface area contributed by atoms with Crippen molar-refractivity contribution in [2.24, 2.45) is 0 Å². The van der Waals surface area contributed by atoms with Crippen molar-refractivity contribution < 1.29 is 28.7 Å². The Bertz CT molecular complexity index is 2340. The molecule has 4 amide bonds. The average molecular weight is 787 g/mol. The molecule has 0 aliphatic carbocycles. The highest BCUT2D eigenvalue weighted by molar-refractivity contribution is 8.00. The summed E-state index contributed by atoms with van der Waals surface area (Å²) in [5, 5.41) is 14.4. The van der Waals surface area contributed by atoms with E-state index in [1.807, 2.05) is 59.3 Å². The second-order valence-electron chi connectivity index (χ2n) is 11.9. The van der Waals surface area contributed by atoms with Crippen molar-refractivity contribution in [3.63, 3.8) is 0 Å². The Kier molecular flexibility index (Phi) is 12.7. The van der Waals surface area contributed by atoms with Gasteiger partial charge in [-0.1, -0.05) is 72.8 Å². The van der Waals surface area contributed by atoms with E-state index in [-0.39, 0.29) is 21.1 Å². The molecule has 0 radical (unpaired) electrons. The Morgan fingerprint density at radius 2 is 1.42 bits per heavy atom. The SMILES string of the molecule is COC(=O)c1c(NC(=O)C(Sc2cccc(NC(=O)/C(=C/c3ccsc3)NC(=O)c3ccccc3)c2)c2ccccc2)sc(C(=O)Nc2ccccc2)c1C. The van der Waals surface area contributed by atoms with Crippen LogP contribution in [0.25, 0.3) is 6.08 Å². The Balaban J connectivity index is 1.24. The summed E-state index contributed by atoms with van der Waals surface area (Å²) in [7, 11) is 1.24. The molecule has 6 rings (SSSR count). The monoisotopic (exact) mass is 786 g/mol. The molecule has 0 saturated carbocycles. The number of thiophene rings is 2. The van der Waals surface area contributed by atoms with Crippen LogP contribution in [-0.2, 0) is 14.3 Å². The number of para-hydroxylation sites is 1. The van der Waals surface area contributed by atoms with Crippen LogP contribution in [0, 0.1) is 6.92 Å². The molecule has 1 unspecified atom stereocenters. The number of carbonyl (C=O) groups is 5. The van der Waals surface area contributed by atoms with Gasteiger partial charge in [0.2, 0.25) is 5.91 Å². The summed E-state index contributed by atoms with van der Waals surface area (Å²) in [4.78, 5) is 68.1. The number of carbonyl (C=O) groups excluding carboxylic acids is 5. The number of benzene rings is 4. The lowest BCUT2D eigenvalue weighted by Crippen LogP contribution is -2.30. The van der Waals surface area contributed by atoms with Gasteiger partial charge >= 0.3 is 5.97 Å². The first-order valence-corrected chi connectivity index (χ1v) is 19.5. The van der Waals surface area contributed by atoms with E-state index in [4.69, 9.17) is 4.74 Å². The number of amides is 4. The number of thioether (sulfide) groups is 1. The minimum atomic E-state index is -0.819. The number of anilines is 3. The molecule has 0 aliphatic rings. The molecule has 0 saturated heterocycles. The third-order valence-electron chi connectivity index (χ3n) is 8.08. The number of methoxy groups -OCH3 is 1. The molecular weight excluding hydrogens is 753 g/mol. The topological polar surface area (TPSA) is 143 Å². The second-order valence-corrected chi connectivity index (χ2v) is 14.9. The smallest absolute Gasteiger partial charge is 0.341 e. The maximum atomic E-state index is 14.2. The number of ether oxygens (including phenoxy) is 1. The molecule has 2 heterocycles. The molecule has 13 heteroatoms. The van der Waals surface area contributed by atoms with E-state index in [1.165, 1.54) is 30.2 Å². The van der Waals surface area contributed by atoms with Crippen LogP contribution >= 0.6 is 34.4 Å². The fourth-order valence-electron chi connectivity index (χ4n) is 5.40. The lowest BCUT2D eigenvalue weighted by atomic mass is 10.1. The standard InChI is InChI=1S/C42H34N4O6S3/c1-26-34(42(51)52-2)41(55-35(26)39(49)43-30-17-10-5-11-18-30)46-40(50)36(28-13-6-3-7-14-28)54-32-20-12-19-31(24-32)44-38(48)33(23-27-21-22-53-25-27)45-37(47)29-15-8-4-9-16-29/h3-25,36H,1-2H3,(H,43,49)(H,44,48)(H,45,47)(H,46,50)/b33-23-. The van der Waals surface area contributed by atoms with Gasteiger partial charge in [-0.15, -0.1) is 23.1 Å². The first-order chi connectivity index (χ1) is 26.7. The fraction of sp³-hybridized carbons (Fsp3) is 0.0714. The lowest BCUT2D eigenvalue weighted by molar-refractivity contribution is -0.116. The van der Waals surface area contributed by atoms with Crippen LogP contribution < -0.4 is 21.3 Å². The van der Waals surface area contributed by atoms with Gasteiger partial charge in [-0.2, -0.15) is 11.3 Å². The zero-order valence-corrected chi connectivity index (χ0v) is 32.0. The minimum Gasteiger partial charge on any atom is -0.465 e. The summed E-state index contributed by atoms with van der Waals surface area (Å²) in [5.41, 5.74) is 3.37. The summed E-state index contributed by atoms with van der Waals surface area (Å²) < 4.78 is 5.04. The summed E-state index contributed by atoms with van der Waals surface area (Å²) in [5.74, 6) is -2.54. The van der Waals surface area contributed by atoms with Gasteiger partial charge in [0.15, 0.2) is 0 Å². The Hall–Kier alpha value is -6.28. The number of hydrogen-bond acceptors (Lipinski definition) is 9. The van der Waals surface area contributed by atoms with E-state index in [2.05, 4.69) is 21.3 Å². The van der Waals surface area contributed by atoms with E-state index in [0.717, 1.165) is 16.9 Å². The Morgan fingerprint density at radius 1 is 0.745 bits per heavy atom. The number of esters is 1. The van der Waals surface area contributed by atoms with Crippen molar-refractivity contribution >= 4 is 86.5 Å². The molecule has 6 aromatic rings. The summed E-state index contributed by atoms with van der Waals surface area (Å²) in [6.45, 7) is 1.63. The van der Waals surface area contributed by atoms with Gasteiger partial charge in [0, 0.05) is 21.8 Å². The number of rotatable bonds is 13. The summed E-state index contributed by atoms with van der Waals surface area (Å²) >= 11 is 3.68. The van der Waals surface area contributed by atoms with E-state index >= 15 is 0 Å². The Labute approximate surface area is 329 Å². The van der Waals surface area contributed by atoms with Crippen LogP contribution in [0.3, 0.4) is 0 Å². The highest BCUT2D eigenvalue weighted by Gasteiger charge is 2.29. The summed E-state index contributed by atoms with van der Waals surface area (Å²) in [6.07, 6.45) is 1.60. The van der Waals surface area contributed by atoms with Gasteiger partial charge in [0.25, 0.3) is 17.7 Å². The average Bonchev–Trinajstić information content (AvgIpc) is 3.84. The molecule has 2 aromatic heterocycles. The van der Waals surface area contributed by atoms with Crippen molar-refractivity contribution in [3.8, 4) is 0 Å². The molecule has 0 bridgehead atoms. The maximum absolute atomic E-state index is 14.2. The molecule has 0 fully saturated rings. The van der Waals surface area contributed by atoms with Gasteiger partial charge in [0.1, 0.15) is 15.9 Å². The highest BCUT2D eigenvalue weighted by atomic mass is 32.2. The molecule has 276 valence electrons. The van der Waals surface area contributed by atoms with E-state index in [0.29, 0.717) is 33.0 Å². The Morgan fingerprint density at radius 3 is 2.09 bits per heavy atom. The first kappa shape index (κ1) is 38.4. The van der Waals surface area contributed by atoms with Gasteiger partial charge < -0.3 is 26.0 Å². The van der Waals surface area contributed by atoms with Crippen LogP contribution in [0.4, 0.5) is 16.4 Å². The van der Waals surface area contributed by atoms with Crippen LogP contribution in [0.5, 0.6) is 0 Å². The predicted molar refractivity (Wildman–Crippen MR) is 220 cm³/mol. The van der Waals surface area contributed by atoms with Crippen molar-refractivity contribution in [1.29, 1.82) is 0 Å². The molecule has 0 aliphatic heterocycles. The van der Waals surface area contributed by atoms with Gasteiger partial charge in [-0.05, 0) is 89.0 Å². The van der Waals surface area contributed by atoms with Crippen molar-refractivity contribution in [2.45, 2.75) is 17.1 Å². The molecule has 1 atom stereocenters. The van der Waals surface area contributed by atoms with Gasteiger partial charge in [-0.25, -0.2) is 4.79 Å². The number of hydrogen-bond donors (Lipinski definition) is 4. The van der Waals surface area contributed by atoms with E-state index in [1.54, 1.807) is 85.8 Å². The molecule has 0 spiro atoms. The van der Waals surface area contributed by atoms with Crippen LogP contribution in [0.15, 0.2) is 143 Å². The quantitative estimate of drug-likeness (QED) is 0.0520. The lowest BCUT2D eigenvalue weighted by Gasteiger charge is -2.18. The third kappa shape index (κ3) is 9.83. The van der Waals surface area contributed by atoms with Crippen LogP contribution in [0.2, 0.25) is 0 Å². The molecule has 55 heavy (non-hydrogen) atoms.